The first-order valence-electron chi connectivity index (χ1n) is 6.10. The average molecular weight is 266 g/mol. The van der Waals surface area contributed by atoms with Gasteiger partial charge in [-0.3, -0.25) is 0 Å². The van der Waals surface area contributed by atoms with Gasteiger partial charge in [0.1, 0.15) is 5.75 Å². The number of aromatic nitrogens is 1. The van der Waals surface area contributed by atoms with Gasteiger partial charge in [0.2, 0.25) is 0 Å². The SMILES string of the molecule is [C-]#[N+]c1cccc(Oc2c(F)cc3[nH]ccc3c2C)c1. The maximum atomic E-state index is 14.1. The molecule has 1 aromatic heterocycles. The van der Waals surface area contributed by atoms with Crippen molar-refractivity contribution in [1.29, 1.82) is 0 Å². The first-order chi connectivity index (χ1) is 9.69. The van der Waals surface area contributed by atoms with Crippen LogP contribution in [0.1, 0.15) is 5.56 Å². The van der Waals surface area contributed by atoms with Crippen molar-refractivity contribution in [2.75, 3.05) is 0 Å². The summed E-state index contributed by atoms with van der Waals surface area (Å²) < 4.78 is 19.7. The van der Waals surface area contributed by atoms with E-state index in [4.69, 9.17) is 11.3 Å². The van der Waals surface area contributed by atoms with Crippen LogP contribution in [0.5, 0.6) is 11.5 Å². The Morgan fingerprint density at radius 1 is 1.25 bits per heavy atom. The summed E-state index contributed by atoms with van der Waals surface area (Å²) in [5.74, 6) is 0.222. The van der Waals surface area contributed by atoms with E-state index in [0.717, 1.165) is 16.5 Å². The van der Waals surface area contributed by atoms with Gasteiger partial charge < -0.3 is 9.72 Å². The van der Waals surface area contributed by atoms with Gasteiger partial charge in [-0.2, -0.15) is 0 Å². The zero-order chi connectivity index (χ0) is 14.1. The summed E-state index contributed by atoms with van der Waals surface area (Å²) in [7, 11) is 0. The van der Waals surface area contributed by atoms with Gasteiger partial charge in [-0.05, 0) is 25.1 Å². The van der Waals surface area contributed by atoms with Crippen LogP contribution in [0.25, 0.3) is 15.7 Å². The minimum Gasteiger partial charge on any atom is -0.455 e. The average Bonchev–Trinajstić information content (AvgIpc) is 2.92. The van der Waals surface area contributed by atoms with Crippen LogP contribution in [-0.4, -0.2) is 4.98 Å². The second-order valence-corrected chi connectivity index (χ2v) is 4.46. The summed E-state index contributed by atoms with van der Waals surface area (Å²) in [5.41, 5.74) is 1.93. The normalized spacial score (nSPS) is 10.4. The van der Waals surface area contributed by atoms with Gasteiger partial charge in [0.15, 0.2) is 17.3 Å². The van der Waals surface area contributed by atoms with Crippen LogP contribution in [0.15, 0.2) is 42.6 Å². The molecule has 3 rings (SSSR count). The fourth-order valence-corrected chi connectivity index (χ4v) is 2.18. The Morgan fingerprint density at radius 2 is 2.10 bits per heavy atom. The maximum Gasteiger partial charge on any atom is 0.190 e. The summed E-state index contributed by atoms with van der Waals surface area (Å²) in [6.45, 7) is 8.80. The van der Waals surface area contributed by atoms with Crippen LogP contribution in [0.2, 0.25) is 0 Å². The molecule has 0 amide bonds. The van der Waals surface area contributed by atoms with Gasteiger partial charge in [0, 0.05) is 28.7 Å². The highest BCUT2D eigenvalue weighted by Gasteiger charge is 2.13. The molecule has 0 aliphatic carbocycles. The van der Waals surface area contributed by atoms with E-state index in [1.807, 2.05) is 13.0 Å². The van der Waals surface area contributed by atoms with Crippen LogP contribution < -0.4 is 4.74 Å². The molecule has 0 bridgehead atoms. The number of hydrogen-bond donors (Lipinski definition) is 1. The third-order valence-electron chi connectivity index (χ3n) is 3.18. The van der Waals surface area contributed by atoms with E-state index in [9.17, 15) is 4.39 Å². The molecule has 0 saturated carbocycles. The molecule has 0 atom stereocenters. The molecule has 0 radical (unpaired) electrons. The molecule has 20 heavy (non-hydrogen) atoms. The number of halogens is 1. The van der Waals surface area contributed by atoms with Crippen molar-refractivity contribution in [2.45, 2.75) is 6.92 Å². The Labute approximate surface area is 115 Å². The van der Waals surface area contributed by atoms with E-state index < -0.39 is 5.82 Å². The standard InChI is InChI=1S/C16H11FN2O/c1-10-13-6-7-19-15(13)9-14(17)16(10)20-12-5-3-4-11(8-12)18-2/h3-9,19H,1H3. The number of rotatable bonds is 2. The molecule has 98 valence electrons. The minimum absolute atomic E-state index is 0.194. The summed E-state index contributed by atoms with van der Waals surface area (Å²) in [5, 5.41) is 0.919. The number of hydrogen-bond acceptors (Lipinski definition) is 1. The van der Waals surface area contributed by atoms with E-state index in [1.165, 1.54) is 6.07 Å². The molecule has 3 nitrogen and oxygen atoms in total. The Bertz CT molecular complexity index is 830. The van der Waals surface area contributed by atoms with Crippen molar-refractivity contribution in [3.63, 3.8) is 0 Å². The third kappa shape index (κ3) is 1.99. The number of aryl methyl sites for hydroxylation is 1. The Hall–Kier alpha value is -2.80. The van der Waals surface area contributed by atoms with Gasteiger partial charge in [0.05, 0.1) is 6.57 Å². The van der Waals surface area contributed by atoms with Crippen molar-refractivity contribution in [3.05, 3.63) is 65.4 Å². The minimum atomic E-state index is -0.425. The summed E-state index contributed by atoms with van der Waals surface area (Å²) in [6.07, 6.45) is 1.76. The predicted molar refractivity (Wildman–Crippen MR) is 75.8 cm³/mol. The van der Waals surface area contributed by atoms with Crippen LogP contribution >= 0.6 is 0 Å². The molecule has 0 spiro atoms. The number of benzene rings is 2. The van der Waals surface area contributed by atoms with Gasteiger partial charge in [-0.25, -0.2) is 9.24 Å². The molecule has 0 aliphatic heterocycles. The molecule has 1 heterocycles. The Balaban J connectivity index is 2.08. The van der Waals surface area contributed by atoms with E-state index in [1.54, 1.807) is 30.5 Å². The smallest absolute Gasteiger partial charge is 0.190 e. The quantitative estimate of drug-likeness (QED) is 0.653. The lowest BCUT2D eigenvalue weighted by molar-refractivity contribution is 0.440. The maximum absolute atomic E-state index is 14.1. The molecule has 1 N–H and O–H groups in total. The molecule has 2 aromatic carbocycles. The number of H-pyrrole nitrogens is 1. The highest BCUT2D eigenvalue weighted by atomic mass is 19.1. The van der Waals surface area contributed by atoms with Crippen molar-refractivity contribution in [2.24, 2.45) is 0 Å². The first kappa shape index (κ1) is 12.2. The molecule has 3 aromatic rings. The lowest BCUT2D eigenvalue weighted by Gasteiger charge is -2.11. The van der Waals surface area contributed by atoms with E-state index >= 15 is 0 Å². The highest BCUT2D eigenvalue weighted by Crippen LogP contribution is 2.34. The zero-order valence-corrected chi connectivity index (χ0v) is 10.8. The number of aromatic amines is 1. The molecule has 4 heteroatoms. The molecule has 0 unspecified atom stereocenters. The van der Waals surface area contributed by atoms with Crippen molar-refractivity contribution < 1.29 is 9.13 Å². The third-order valence-corrected chi connectivity index (χ3v) is 3.18. The fraction of sp³-hybridized carbons (Fsp3) is 0.0625. The Morgan fingerprint density at radius 3 is 2.90 bits per heavy atom. The van der Waals surface area contributed by atoms with Crippen LogP contribution in [-0.2, 0) is 0 Å². The first-order valence-corrected chi connectivity index (χ1v) is 6.10. The zero-order valence-electron chi connectivity index (χ0n) is 10.8. The lowest BCUT2D eigenvalue weighted by Crippen LogP contribution is -1.92. The Kier molecular flexibility index (Phi) is 2.88. The largest absolute Gasteiger partial charge is 0.455 e. The second kappa shape index (κ2) is 4.71. The lowest BCUT2D eigenvalue weighted by atomic mass is 10.1. The van der Waals surface area contributed by atoms with Crippen LogP contribution in [0.4, 0.5) is 10.1 Å². The van der Waals surface area contributed by atoms with Gasteiger partial charge in [0.25, 0.3) is 0 Å². The molecular weight excluding hydrogens is 255 g/mol. The molecular formula is C16H11FN2O. The van der Waals surface area contributed by atoms with Crippen LogP contribution in [0.3, 0.4) is 0 Å². The van der Waals surface area contributed by atoms with Crippen molar-refractivity contribution >= 4 is 16.6 Å². The summed E-state index contributed by atoms with van der Waals surface area (Å²) in [6, 6.07) is 9.98. The molecule has 0 aliphatic rings. The topological polar surface area (TPSA) is 29.4 Å². The van der Waals surface area contributed by atoms with Crippen LogP contribution in [0, 0.1) is 19.3 Å². The number of nitrogens with one attached hydrogen (secondary N) is 1. The van der Waals surface area contributed by atoms with E-state index in [-0.39, 0.29) is 5.75 Å². The number of nitrogens with zero attached hydrogens (tertiary/aromatic N) is 1. The monoisotopic (exact) mass is 266 g/mol. The number of ether oxygens (including phenoxy) is 1. The van der Waals surface area contributed by atoms with Gasteiger partial charge >= 0.3 is 0 Å². The van der Waals surface area contributed by atoms with E-state index in [0.29, 0.717) is 11.4 Å². The fourth-order valence-electron chi connectivity index (χ4n) is 2.18. The van der Waals surface area contributed by atoms with Gasteiger partial charge in [-0.15, -0.1) is 0 Å². The highest BCUT2D eigenvalue weighted by molar-refractivity contribution is 5.85. The van der Waals surface area contributed by atoms with E-state index in [2.05, 4.69) is 9.83 Å². The van der Waals surface area contributed by atoms with Gasteiger partial charge in [-0.1, -0.05) is 12.1 Å². The van der Waals surface area contributed by atoms with Crippen molar-refractivity contribution in [1.82, 2.24) is 4.98 Å². The molecule has 0 fully saturated rings. The summed E-state index contributed by atoms with van der Waals surface area (Å²) >= 11 is 0. The summed E-state index contributed by atoms with van der Waals surface area (Å²) in [4.78, 5) is 6.31. The van der Waals surface area contributed by atoms with Crippen molar-refractivity contribution in [3.8, 4) is 11.5 Å². The second-order valence-electron chi connectivity index (χ2n) is 4.46. The number of fused-ring (bicyclic) bond motifs is 1. The predicted octanol–water partition coefficient (Wildman–Crippen LogP) is 4.96. The molecule has 0 saturated heterocycles.